The zero-order valence-electron chi connectivity index (χ0n) is 16.8. The minimum atomic E-state index is -0.630. The standard InChI is InChI=1S/C23H17Br2N3O4/c1-31-18-11-15(19(24)20(25)21(18)32-13-14-7-3-2-4-8-14)12-26-28-22(29)16-9-5-6-10-17(16)27-23(28)30/h2-12H,13H2,1H3,(H,27,30). The number of methoxy groups -OCH3 is 1. The fourth-order valence-corrected chi connectivity index (χ4v) is 4.03. The molecule has 1 heterocycles. The van der Waals surface area contributed by atoms with Gasteiger partial charge in [-0.25, -0.2) is 4.79 Å². The first kappa shape index (κ1) is 22.0. The van der Waals surface area contributed by atoms with E-state index in [1.807, 2.05) is 30.3 Å². The number of hydrogen-bond acceptors (Lipinski definition) is 5. The number of halogens is 2. The molecule has 0 fully saturated rings. The molecular weight excluding hydrogens is 542 g/mol. The highest BCUT2D eigenvalue weighted by Crippen LogP contribution is 2.42. The van der Waals surface area contributed by atoms with E-state index in [9.17, 15) is 9.59 Å². The summed E-state index contributed by atoms with van der Waals surface area (Å²) in [4.78, 5) is 27.7. The van der Waals surface area contributed by atoms with Gasteiger partial charge in [0, 0.05) is 10.0 Å². The van der Waals surface area contributed by atoms with E-state index in [-0.39, 0.29) is 0 Å². The minimum absolute atomic E-state index is 0.359. The average molecular weight is 559 g/mol. The predicted octanol–water partition coefficient (Wildman–Crippen LogP) is 4.68. The summed E-state index contributed by atoms with van der Waals surface area (Å²) in [5.74, 6) is 0.985. The Balaban J connectivity index is 1.70. The second-order valence-electron chi connectivity index (χ2n) is 6.74. The van der Waals surface area contributed by atoms with Crippen LogP contribution in [0, 0.1) is 0 Å². The van der Waals surface area contributed by atoms with Crippen LogP contribution in [0.4, 0.5) is 0 Å². The molecule has 0 spiro atoms. The fourth-order valence-electron chi connectivity index (χ4n) is 3.09. The van der Waals surface area contributed by atoms with Crippen LogP contribution >= 0.6 is 31.9 Å². The maximum absolute atomic E-state index is 12.7. The molecule has 0 radical (unpaired) electrons. The van der Waals surface area contributed by atoms with Crippen molar-refractivity contribution in [3.05, 3.63) is 102 Å². The minimum Gasteiger partial charge on any atom is -0.493 e. The maximum atomic E-state index is 12.7. The van der Waals surface area contributed by atoms with Crippen LogP contribution in [-0.4, -0.2) is 23.0 Å². The molecule has 1 aromatic heterocycles. The Bertz CT molecular complexity index is 1430. The number of hydrogen-bond donors (Lipinski definition) is 1. The predicted molar refractivity (Wildman–Crippen MR) is 131 cm³/mol. The summed E-state index contributed by atoms with van der Waals surface area (Å²) < 4.78 is 13.5. The van der Waals surface area contributed by atoms with E-state index in [1.165, 1.54) is 13.3 Å². The number of H-pyrrole nitrogens is 1. The molecule has 9 heteroatoms. The third-order valence-electron chi connectivity index (χ3n) is 4.70. The number of benzene rings is 3. The highest BCUT2D eigenvalue weighted by molar-refractivity contribution is 9.13. The van der Waals surface area contributed by atoms with Crippen molar-refractivity contribution in [2.45, 2.75) is 6.61 Å². The first-order valence-corrected chi connectivity index (χ1v) is 11.1. The van der Waals surface area contributed by atoms with Gasteiger partial charge in [0.05, 0.1) is 28.7 Å². The monoisotopic (exact) mass is 557 g/mol. The number of para-hydroxylation sites is 1. The summed E-state index contributed by atoms with van der Waals surface area (Å²) in [6.45, 7) is 0.359. The van der Waals surface area contributed by atoms with Gasteiger partial charge >= 0.3 is 5.69 Å². The Morgan fingerprint density at radius 1 is 1.03 bits per heavy atom. The lowest BCUT2D eigenvalue weighted by atomic mass is 10.2. The molecule has 0 bridgehead atoms. The van der Waals surface area contributed by atoms with Crippen molar-refractivity contribution in [3.63, 3.8) is 0 Å². The SMILES string of the molecule is COc1cc(C=Nn2c(=O)[nH]c3ccccc3c2=O)c(Br)c(Br)c1OCc1ccccc1. The number of aromatic nitrogens is 2. The van der Waals surface area contributed by atoms with E-state index in [1.54, 1.807) is 30.3 Å². The van der Waals surface area contributed by atoms with Crippen molar-refractivity contribution in [2.75, 3.05) is 7.11 Å². The van der Waals surface area contributed by atoms with Gasteiger partial charge in [-0.05, 0) is 55.6 Å². The van der Waals surface area contributed by atoms with Crippen LogP contribution < -0.4 is 20.7 Å². The maximum Gasteiger partial charge on any atom is 0.349 e. The lowest BCUT2D eigenvalue weighted by Gasteiger charge is -2.15. The average Bonchev–Trinajstić information content (AvgIpc) is 2.81. The van der Waals surface area contributed by atoms with Gasteiger partial charge in [-0.1, -0.05) is 42.5 Å². The zero-order valence-corrected chi connectivity index (χ0v) is 20.0. The molecule has 0 amide bonds. The Kier molecular flexibility index (Phi) is 6.57. The fraction of sp³-hybridized carbons (Fsp3) is 0.0870. The van der Waals surface area contributed by atoms with Crippen molar-refractivity contribution < 1.29 is 9.47 Å². The molecule has 4 rings (SSSR count). The summed E-state index contributed by atoms with van der Waals surface area (Å²) in [5, 5.41) is 4.48. The van der Waals surface area contributed by atoms with Gasteiger partial charge < -0.3 is 14.5 Å². The third kappa shape index (κ3) is 4.39. The van der Waals surface area contributed by atoms with Crippen molar-refractivity contribution in [3.8, 4) is 11.5 Å². The number of nitrogens with one attached hydrogen (secondary N) is 1. The van der Waals surface area contributed by atoms with Crippen molar-refractivity contribution in [1.82, 2.24) is 9.66 Å². The van der Waals surface area contributed by atoms with Gasteiger partial charge in [-0.15, -0.1) is 4.68 Å². The van der Waals surface area contributed by atoms with E-state index >= 15 is 0 Å². The van der Waals surface area contributed by atoms with Gasteiger partial charge in [0.2, 0.25) is 0 Å². The zero-order chi connectivity index (χ0) is 22.7. The van der Waals surface area contributed by atoms with Gasteiger partial charge in [0.15, 0.2) is 11.5 Å². The highest BCUT2D eigenvalue weighted by atomic mass is 79.9. The molecular formula is C23H17Br2N3O4. The summed E-state index contributed by atoms with van der Waals surface area (Å²) >= 11 is 7.06. The normalized spacial score (nSPS) is 11.2. The molecule has 3 aromatic carbocycles. The van der Waals surface area contributed by atoms with E-state index < -0.39 is 11.2 Å². The van der Waals surface area contributed by atoms with Gasteiger partial charge in [0.1, 0.15) is 6.61 Å². The van der Waals surface area contributed by atoms with E-state index in [0.29, 0.717) is 43.5 Å². The van der Waals surface area contributed by atoms with Crippen LogP contribution in [0.2, 0.25) is 0 Å². The Labute approximate surface area is 199 Å². The molecule has 32 heavy (non-hydrogen) atoms. The second kappa shape index (κ2) is 9.54. The highest BCUT2D eigenvalue weighted by Gasteiger charge is 2.17. The lowest BCUT2D eigenvalue weighted by molar-refractivity contribution is 0.282. The van der Waals surface area contributed by atoms with E-state index in [0.717, 1.165) is 10.2 Å². The Morgan fingerprint density at radius 2 is 1.75 bits per heavy atom. The number of fused-ring (bicyclic) bond motifs is 1. The largest absolute Gasteiger partial charge is 0.493 e. The smallest absolute Gasteiger partial charge is 0.349 e. The quantitative estimate of drug-likeness (QED) is 0.348. The second-order valence-corrected chi connectivity index (χ2v) is 8.32. The summed E-state index contributed by atoms with van der Waals surface area (Å²) in [5.41, 5.74) is 0.915. The van der Waals surface area contributed by atoms with Gasteiger partial charge in [-0.3, -0.25) is 4.79 Å². The Morgan fingerprint density at radius 3 is 2.50 bits per heavy atom. The molecule has 0 unspecified atom stereocenters. The van der Waals surface area contributed by atoms with Crippen LogP contribution in [0.15, 0.2) is 84.3 Å². The molecule has 0 atom stereocenters. The van der Waals surface area contributed by atoms with Crippen LogP contribution in [-0.2, 0) is 6.61 Å². The molecule has 1 N–H and O–H groups in total. The number of nitrogens with zero attached hydrogens (tertiary/aromatic N) is 2. The van der Waals surface area contributed by atoms with Crippen LogP contribution in [0.3, 0.4) is 0 Å². The van der Waals surface area contributed by atoms with Gasteiger partial charge in [0.25, 0.3) is 5.56 Å². The van der Waals surface area contributed by atoms with E-state index in [2.05, 4.69) is 41.9 Å². The van der Waals surface area contributed by atoms with E-state index in [4.69, 9.17) is 9.47 Å². The number of ether oxygens (including phenoxy) is 2. The molecule has 4 aromatic rings. The molecule has 0 saturated carbocycles. The van der Waals surface area contributed by atoms with Crippen molar-refractivity contribution in [2.24, 2.45) is 5.10 Å². The Hall–Kier alpha value is -3.17. The third-order valence-corrected chi connectivity index (χ3v) is 6.84. The summed E-state index contributed by atoms with van der Waals surface area (Å²) in [7, 11) is 1.53. The molecule has 0 aliphatic rings. The lowest BCUT2D eigenvalue weighted by Crippen LogP contribution is -2.32. The number of rotatable bonds is 6. The van der Waals surface area contributed by atoms with Crippen LogP contribution in [0.25, 0.3) is 10.9 Å². The summed E-state index contributed by atoms with van der Waals surface area (Å²) in [6, 6.07) is 18.2. The first-order chi connectivity index (χ1) is 15.5. The molecule has 162 valence electrons. The van der Waals surface area contributed by atoms with Gasteiger partial charge in [-0.2, -0.15) is 5.10 Å². The number of aromatic amines is 1. The molecule has 0 saturated heterocycles. The molecule has 0 aliphatic carbocycles. The first-order valence-electron chi connectivity index (χ1n) is 9.50. The van der Waals surface area contributed by atoms with Crippen LogP contribution in [0.5, 0.6) is 11.5 Å². The topological polar surface area (TPSA) is 85.7 Å². The van der Waals surface area contributed by atoms with Crippen molar-refractivity contribution >= 4 is 49.0 Å². The summed E-state index contributed by atoms with van der Waals surface area (Å²) in [6.07, 6.45) is 1.41. The molecule has 0 aliphatic heterocycles. The molecule has 7 nitrogen and oxygen atoms in total. The van der Waals surface area contributed by atoms with Crippen LogP contribution in [0.1, 0.15) is 11.1 Å². The van der Waals surface area contributed by atoms with Crippen molar-refractivity contribution in [1.29, 1.82) is 0 Å².